The Bertz CT molecular complexity index is 817. The zero-order chi connectivity index (χ0) is 17.7. The van der Waals surface area contributed by atoms with Crippen LogP contribution in [0.4, 0.5) is 5.13 Å². The SMILES string of the molecule is CCOC(=O)c1c(SCC(=O)Nc2nnc(C)s2)nc(=O)[nH]c1C. The van der Waals surface area contributed by atoms with Gasteiger partial charge in [-0.1, -0.05) is 23.1 Å². The molecule has 11 heteroatoms. The Hall–Kier alpha value is -2.27. The van der Waals surface area contributed by atoms with Crippen molar-refractivity contribution in [2.24, 2.45) is 0 Å². The van der Waals surface area contributed by atoms with Gasteiger partial charge in [-0.3, -0.25) is 10.1 Å². The maximum atomic E-state index is 12.0. The van der Waals surface area contributed by atoms with E-state index in [1.807, 2.05) is 0 Å². The smallest absolute Gasteiger partial charge is 0.346 e. The molecule has 0 aliphatic carbocycles. The van der Waals surface area contributed by atoms with E-state index in [9.17, 15) is 14.4 Å². The van der Waals surface area contributed by atoms with Gasteiger partial charge in [-0.25, -0.2) is 9.59 Å². The van der Waals surface area contributed by atoms with Crippen molar-refractivity contribution >= 4 is 40.1 Å². The van der Waals surface area contributed by atoms with Gasteiger partial charge < -0.3 is 9.72 Å². The largest absolute Gasteiger partial charge is 0.462 e. The van der Waals surface area contributed by atoms with Crippen molar-refractivity contribution in [2.45, 2.75) is 25.8 Å². The van der Waals surface area contributed by atoms with Crippen molar-refractivity contribution in [1.82, 2.24) is 20.2 Å². The highest BCUT2D eigenvalue weighted by Gasteiger charge is 2.20. The molecule has 0 spiro atoms. The first-order valence-electron chi connectivity index (χ1n) is 6.91. The molecule has 2 heterocycles. The van der Waals surface area contributed by atoms with E-state index in [1.165, 1.54) is 11.3 Å². The summed E-state index contributed by atoms with van der Waals surface area (Å²) in [5.74, 6) is -0.979. The van der Waals surface area contributed by atoms with E-state index >= 15 is 0 Å². The lowest BCUT2D eigenvalue weighted by molar-refractivity contribution is -0.113. The number of amides is 1. The highest BCUT2D eigenvalue weighted by atomic mass is 32.2. The number of nitrogens with one attached hydrogen (secondary N) is 2. The monoisotopic (exact) mass is 369 g/mol. The average molecular weight is 369 g/mol. The number of aryl methyl sites for hydroxylation is 2. The highest BCUT2D eigenvalue weighted by Crippen LogP contribution is 2.22. The summed E-state index contributed by atoms with van der Waals surface area (Å²) in [5, 5.41) is 11.4. The van der Waals surface area contributed by atoms with Gasteiger partial charge in [-0.2, -0.15) is 4.98 Å². The molecular formula is C13H15N5O4S2. The van der Waals surface area contributed by atoms with Crippen molar-refractivity contribution in [3.8, 4) is 0 Å². The van der Waals surface area contributed by atoms with Crippen molar-refractivity contribution in [3.05, 3.63) is 26.7 Å². The Morgan fingerprint density at radius 2 is 2.08 bits per heavy atom. The summed E-state index contributed by atoms with van der Waals surface area (Å²) < 4.78 is 4.96. The molecule has 2 aromatic rings. The molecule has 2 rings (SSSR count). The van der Waals surface area contributed by atoms with E-state index in [4.69, 9.17) is 4.74 Å². The quantitative estimate of drug-likeness (QED) is 0.441. The second kappa shape index (κ2) is 8.02. The number of carbonyl (C=O) groups is 2. The lowest BCUT2D eigenvalue weighted by Gasteiger charge is -2.09. The molecule has 1 amide bonds. The Kier molecular flexibility index (Phi) is 6.04. The first-order chi connectivity index (χ1) is 11.4. The fourth-order valence-corrected chi connectivity index (χ4v) is 3.22. The number of H-pyrrole nitrogens is 1. The fraction of sp³-hybridized carbons (Fsp3) is 0.385. The summed E-state index contributed by atoms with van der Waals surface area (Å²) in [6.45, 7) is 5.22. The Morgan fingerprint density at radius 1 is 1.33 bits per heavy atom. The molecule has 0 fully saturated rings. The molecule has 0 unspecified atom stereocenters. The van der Waals surface area contributed by atoms with Crippen LogP contribution in [-0.4, -0.2) is 44.4 Å². The number of aromatic amines is 1. The minimum Gasteiger partial charge on any atom is -0.462 e. The zero-order valence-electron chi connectivity index (χ0n) is 13.2. The van der Waals surface area contributed by atoms with E-state index in [0.29, 0.717) is 10.8 Å². The van der Waals surface area contributed by atoms with Gasteiger partial charge in [0.25, 0.3) is 0 Å². The number of rotatable bonds is 6. The van der Waals surface area contributed by atoms with Crippen molar-refractivity contribution in [3.63, 3.8) is 0 Å². The molecule has 0 atom stereocenters. The molecule has 2 N–H and O–H groups in total. The van der Waals surface area contributed by atoms with Gasteiger partial charge in [-0.15, -0.1) is 10.2 Å². The van der Waals surface area contributed by atoms with E-state index < -0.39 is 11.7 Å². The van der Waals surface area contributed by atoms with Crippen LogP contribution in [-0.2, 0) is 9.53 Å². The third-order valence-electron chi connectivity index (χ3n) is 2.68. The topological polar surface area (TPSA) is 127 Å². The molecule has 0 aliphatic heterocycles. The summed E-state index contributed by atoms with van der Waals surface area (Å²) in [6, 6.07) is 0. The first-order valence-corrected chi connectivity index (χ1v) is 8.71. The Balaban J connectivity index is 2.12. The van der Waals surface area contributed by atoms with Crippen molar-refractivity contribution in [2.75, 3.05) is 17.7 Å². The van der Waals surface area contributed by atoms with Gasteiger partial charge in [-0.05, 0) is 20.8 Å². The predicted octanol–water partition coefficient (Wildman–Crippen LogP) is 1.15. The van der Waals surface area contributed by atoms with E-state index in [2.05, 4.69) is 25.5 Å². The van der Waals surface area contributed by atoms with Gasteiger partial charge in [0.15, 0.2) is 0 Å². The van der Waals surface area contributed by atoms with Crippen LogP contribution in [0.15, 0.2) is 9.82 Å². The summed E-state index contributed by atoms with van der Waals surface area (Å²) in [4.78, 5) is 41.7. The molecule has 128 valence electrons. The zero-order valence-corrected chi connectivity index (χ0v) is 14.8. The number of carbonyl (C=O) groups excluding carboxylic acids is 2. The summed E-state index contributed by atoms with van der Waals surface area (Å²) in [7, 11) is 0. The number of nitrogens with zero attached hydrogens (tertiary/aromatic N) is 3. The second-order valence-electron chi connectivity index (χ2n) is 4.53. The number of esters is 1. The molecule has 0 bridgehead atoms. The molecule has 2 aromatic heterocycles. The van der Waals surface area contributed by atoms with Gasteiger partial charge in [0.2, 0.25) is 11.0 Å². The van der Waals surface area contributed by atoms with Crippen LogP contribution in [0.25, 0.3) is 0 Å². The third-order valence-corrected chi connectivity index (χ3v) is 4.41. The first kappa shape index (κ1) is 18.1. The molecule has 0 aromatic carbocycles. The summed E-state index contributed by atoms with van der Waals surface area (Å²) in [6.07, 6.45) is 0. The standard InChI is InChI=1S/C13H15N5O4S2/c1-4-22-11(20)9-6(2)14-12(21)16-10(9)23-5-8(19)15-13-18-17-7(3)24-13/h4-5H2,1-3H3,(H,14,16,21)(H,15,18,19). The fourth-order valence-electron chi connectivity index (χ4n) is 1.74. The van der Waals surface area contributed by atoms with E-state index in [1.54, 1.807) is 20.8 Å². The summed E-state index contributed by atoms with van der Waals surface area (Å²) in [5.41, 5.74) is -0.0969. The molecule has 0 aliphatic rings. The van der Waals surface area contributed by atoms with Crippen LogP contribution in [0, 0.1) is 13.8 Å². The molecule has 0 radical (unpaired) electrons. The predicted molar refractivity (Wildman–Crippen MR) is 89.6 cm³/mol. The number of thioether (sulfide) groups is 1. The molecule has 0 saturated carbocycles. The second-order valence-corrected chi connectivity index (χ2v) is 6.68. The summed E-state index contributed by atoms with van der Waals surface area (Å²) >= 11 is 2.23. The van der Waals surface area contributed by atoms with E-state index in [-0.39, 0.29) is 28.9 Å². The van der Waals surface area contributed by atoms with Crippen LogP contribution >= 0.6 is 23.1 Å². The number of hydrogen-bond donors (Lipinski definition) is 2. The Morgan fingerprint density at radius 3 is 2.71 bits per heavy atom. The number of anilines is 1. The van der Waals surface area contributed by atoms with Crippen molar-refractivity contribution in [1.29, 1.82) is 0 Å². The lowest BCUT2D eigenvalue weighted by Crippen LogP contribution is -2.21. The van der Waals surface area contributed by atoms with Crippen molar-refractivity contribution < 1.29 is 14.3 Å². The minimum atomic E-state index is -0.596. The Labute approximate surface area is 145 Å². The number of ether oxygens (including phenoxy) is 1. The number of hydrogen-bond acceptors (Lipinski definition) is 9. The van der Waals surface area contributed by atoms with Gasteiger partial charge in [0.1, 0.15) is 15.6 Å². The third kappa shape index (κ3) is 4.61. The van der Waals surface area contributed by atoms with Crippen LogP contribution in [0.5, 0.6) is 0 Å². The maximum absolute atomic E-state index is 12.0. The van der Waals surface area contributed by atoms with E-state index in [0.717, 1.165) is 16.8 Å². The molecule has 24 heavy (non-hydrogen) atoms. The van der Waals surface area contributed by atoms with Crippen LogP contribution < -0.4 is 11.0 Å². The average Bonchev–Trinajstić information content (AvgIpc) is 2.89. The normalized spacial score (nSPS) is 10.5. The molecular weight excluding hydrogens is 354 g/mol. The van der Waals surface area contributed by atoms with Gasteiger partial charge >= 0.3 is 11.7 Å². The molecule has 9 nitrogen and oxygen atoms in total. The minimum absolute atomic E-state index is 0.0407. The van der Waals surface area contributed by atoms with Gasteiger partial charge in [0, 0.05) is 5.69 Å². The van der Waals surface area contributed by atoms with Crippen LogP contribution in [0.3, 0.4) is 0 Å². The lowest BCUT2D eigenvalue weighted by atomic mass is 10.2. The maximum Gasteiger partial charge on any atom is 0.346 e. The van der Waals surface area contributed by atoms with Gasteiger partial charge in [0.05, 0.1) is 12.4 Å². The highest BCUT2D eigenvalue weighted by molar-refractivity contribution is 8.00. The number of aromatic nitrogens is 4. The molecule has 0 saturated heterocycles. The van der Waals surface area contributed by atoms with Crippen LogP contribution in [0.1, 0.15) is 28.0 Å². The van der Waals surface area contributed by atoms with Crippen LogP contribution in [0.2, 0.25) is 0 Å².